The maximum Gasteiger partial charge on any atom is 0.416 e. The minimum atomic E-state index is -4.54. The van der Waals surface area contributed by atoms with Crippen LogP contribution in [0.2, 0.25) is 0 Å². The highest BCUT2D eigenvalue weighted by Crippen LogP contribution is 2.30. The standard InChI is InChI=1S/C27H26F3N5O2/c1-34-13-15-35(16-14-34)25-23(9-4-12-31-25)33-24(36)11-10-19-5-2-8-22(17-19)32-26(37)20-6-3-7-21(18-20)27(28,29)30/h2-12,17-18H,13-16H2,1H3,(H,32,37)(H,33,36). The predicted octanol–water partition coefficient (Wildman–Crippen LogP) is 4.76. The Morgan fingerprint density at radius 2 is 1.70 bits per heavy atom. The van der Waals surface area contributed by atoms with Crippen molar-refractivity contribution in [2.24, 2.45) is 0 Å². The number of anilines is 3. The van der Waals surface area contributed by atoms with Gasteiger partial charge < -0.3 is 20.4 Å². The van der Waals surface area contributed by atoms with Gasteiger partial charge in [0.15, 0.2) is 5.82 Å². The molecule has 10 heteroatoms. The van der Waals surface area contributed by atoms with Crippen molar-refractivity contribution in [3.8, 4) is 0 Å². The Bertz CT molecular complexity index is 1300. The molecule has 0 saturated carbocycles. The van der Waals surface area contributed by atoms with Crippen LogP contribution in [0.1, 0.15) is 21.5 Å². The Morgan fingerprint density at radius 1 is 0.946 bits per heavy atom. The third-order valence-electron chi connectivity index (χ3n) is 5.87. The topological polar surface area (TPSA) is 77.6 Å². The number of benzene rings is 2. The molecule has 2 heterocycles. The molecule has 0 bridgehead atoms. The molecule has 37 heavy (non-hydrogen) atoms. The molecule has 1 aliphatic rings. The van der Waals surface area contributed by atoms with Crippen LogP contribution in [-0.4, -0.2) is 54.9 Å². The van der Waals surface area contributed by atoms with E-state index in [1.54, 1.807) is 48.7 Å². The Morgan fingerprint density at radius 3 is 2.46 bits per heavy atom. The molecule has 0 atom stereocenters. The number of halogens is 3. The number of rotatable bonds is 6. The Hall–Kier alpha value is -4.18. The zero-order valence-corrected chi connectivity index (χ0v) is 20.1. The summed E-state index contributed by atoms with van der Waals surface area (Å²) in [5.74, 6) is -0.295. The van der Waals surface area contributed by atoms with E-state index in [1.165, 1.54) is 18.2 Å². The molecule has 7 nitrogen and oxygen atoms in total. The van der Waals surface area contributed by atoms with E-state index in [1.807, 2.05) is 0 Å². The number of likely N-dealkylation sites (N-methyl/N-ethyl adjacent to an activating group) is 1. The van der Waals surface area contributed by atoms with E-state index in [9.17, 15) is 22.8 Å². The normalized spacial score (nSPS) is 14.5. The van der Waals surface area contributed by atoms with E-state index in [4.69, 9.17) is 0 Å². The van der Waals surface area contributed by atoms with E-state index >= 15 is 0 Å². The quantitative estimate of drug-likeness (QED) is 0.469. The van der Waals surface area contributed by atoms with Gasteiger partial charge in [-0.3, -0.25) is 9.59 Å². The van der Waals surface area contributed by atoms with Crippen molar-refractivity contribution in [1.29, 1.82) is 0 Å². The minimum Gasteiger partial charge on any atom is -0.352 e. The zero-order chi connectivity index (χ0) is 26.4. The third kappa shape index (κ3) is 6.95. The van der Waals surface area contributed by atoms with Gasteiger partial charge in [0.25, 0.3) is 5.91 Å². The van der Waals surface area contributed by atoms with Gasteiger partial charge in [0.05, 0.1) is 11.3 Å². The van der Waals surface area contributed by atoms with Gasteiger partial charge in [-0.15, -0.1) is 0 Å². The monoisotopic (exact) mass is 509 g/mol. The first-order valence-corrected chi connectivity index (χ1v) is 11.7. The molecule has 1 aromatic heterocycles. The fraction of sp³-hybridized carbons (Fsp3) is 0.222. The van der Waals surface area contributed by atoms with Gasteiger partial charge in [-0.05, 0) is 61.2 Å². The lowest BCUT2D eigenvalue weighted by molar-refractivity contribution is -0.137. The molecule has 2 aromatic carbocycles. The smallest absolute Gasteiger partial charge is 0.352 e. The van der Waals surface area contributed by atoms with Crippen LogP contribution < -0.4 is 15.5 Å². The number of aromatic nitrogens is 1. The number of nitrogens with zero attached hydrogens (tertiary/aromatic N) is 3. The van der Waals surface area contributed by atoms with Gasteiger partial charge in [-0.1, -0.05) is 18.2 Å². The van der Waals surface area contributed by atoms with Crippen molar-refractivity contribution in [2.75, 3.05) is 48.8 Å². The lowest BCUT2D eigenvalue weighted by Crippen LogP contribution is -2.45. The molecule has 1 saturated heterocycles. The molecule has 0 radical (unpaired) electrons. The minimum absolute atomic E-state index is 0.109. The average Bonchev–Trinajstić information content (AvgIpc) is 2.88. The molecule has 0 unspecified atom stereocenters. The van der Waals surface area contributed by atoms with E-state index in [-0.39, 0.29) is 11.5 Å². The lowest BCUT2D eigenvalue weighted by atomic mass is 10.1. The summed E-state index contributed by atoms with van der Waals surface area (Å²) in [6, 6.07) is 14.4. The fourth-order valence-corrected chi connectivity index (χ4v) is 3.87. The van der Waals surface area contributed by atoms with Crippen LogP contribution in [-0.2, 0) is 11.0 Å². The number of pyridine rings is 1. The number of piperazine rings is 1. The van der Waals surface area contributed by atoms with Crippen LogP contribution in [0.5, 0.6) is 0 Å². The number of nitrogens with one attached hydrogen (secondary N) is 2. The van der Waals surface area contributed by atoms with Gasteiger partial charge in [0.1, 0.15) is 0 Å². The average molecular weight is 510 g/mol. The van der Waals surface area contributed by atoms with E-state index in [0.717, 1.165) is 44.1 Å². The van der Waals surface area contributed by atoms with Crippen molar-refractivity contribution < 1.29 is 22.8 Å². The highest BCUT2D eigenvalue weighted by atomic mass is 19.4. The fourth-order valence-electron chi connectivity index (χ4n) is 3.87. The molecule has 2 N–H and O–H groups in total. The van der Waals surface area contributed by atoms with E-state index in [2.05, 4.69) is 32.5 Å². The Kier molecular flexibility index (Phi) is 7.88. The first-order valence-electron chi connectivity index (χ1n) is 11.7. The van der Waals surface area contributed by atoms with Gasteiger partial charge >= 0.3 is 6.18 Å². The van der Waals surface area contributed by atoms with Gasteiger partial charge in [0.2, 0.25) is 5.91 Å². The first-order chi connectivity index (χ1) is 17.7. The first kappa shape index (κ1) is 25.9. The predicted molar refractivity (Wildman–Crippen MR) is 137 cm³/mol. The zero-order valence-electron chi connectivity index (χ0n) is 20.1. The summed E-state index contributed by atoms with van der Waals surface area (Å²) < 4.78 is 38.9. The highest BCUT2D eigenvalue weighted by molar-refractivity contribution is 6.05. The summed E-state index contributed by atoms with van der Waals surface area (Å²) in [6.45, 7) is 3.44. The maximum absolute atomic E-state index is 13.0. The van der Waals surface area contributed by atoms with Crippen molar-refractivity contribution in [3.63, 3.8) is 0 Å². The number of hydrogen-bond acceptors (Lipinski definition) is 5. The van der Waals surface area contributed by atoms with Crippen molar-refractivity contribution >= 4 is 35.1 Å². The summed E-state index contributed by atoms with van der Waals surface area (Å²) >= 11 is 0. The van der Waals surface area contributed by atoms with Crippen LogP contribution in [0, 0.1) is 0 Å². The summed E-state index contributed by atoms with van der Waals surface area (Å²) in [5.41, 5.74) is 0.621. The van der Waals surface area contributed by atoms with Gasteiger partial charge in [0, 0.05) is 49.7 Å². The van der Waals surface area contributed by atoms with Gasteiger partial charge in [-0.25, -0.2) is 4.98 Å². The number of hydrogen-bond donors (Lipinski definition) is 2. The molecule has 4 rings (SSSR count). The largest absolute Gasteiger partial charge is 0.416 e. The van der Waals surface area contributed by atoms with E-state index in [0.29, 0.717) is 16.9 Å². The molecule has 3 aromatic rings. The van der Waals surface area contributed by atoms with Crippen molar-refractivity contribution in [1.82, 2.24) is 9.88 Å². The summed E-state index contributed by atoms with van der Waals surface area (Å²) in [4.78, 5) is 33.9. The molecule has 0 aliphatic carbocycles. The number of carbonyl (C=O) groups is 2. The van der Waals surface area contributed by atoms with Crippen LogP contribution >= 0.6 is 0 Å². The van der Waals surface area contributed by atoms with Crippen LogP contribution in [0.4, 0.5) is 30.4 Å². The molecule has 1 aliphatic heterocycles. The Balaban J connectivity index is 1.40. The molecule has 192 valence electrons. The second-order valence-corrected chi connectivity index (χ2v) is 8.65. The summed E-state index contributed by atoms with van der Waals surface area (Å²) in [7, 11) is 2.06. The molecule has 2 amide bonds. The SMILES string of the molecule is CN1CCN(c2ncccc2NC(=O)C=Cc2cccc(NC(=O)c3cccc(C(F)(F)F)c3)c2)CC1. The number of amides is 2. The second-order valence-electron chi connectivity index (χ2n) is 8.65. The highest BCUT2D eigenvalue weighted by Gasteiger charge is 2.30. The summed E-state index contributed by atoms with van der Waals surface area (Å²) in [6.07, 6.45) is 0.108. The van der Waals surface area contributed by atoms with Crippen molar-refractivity contribution in [2.45, 2.75) is 6.18 Å². The molecular weight excluding hydrogens is 483 g/mol. The lowest BCUT2D eigenvalue weighted by Gasteiger charge is -2.34. The molecular formula is C27H26F3N5O2. The molecule has 0 spiro atoms. The van der Waals surface area contributed by atoms with Crippen LogP contribution in [0.3, 0.4) is 0 Å². The third-order valence-corrected chi connectivity index (χ3v) is 5.87. The van der Waals surface area contributed by atoms with Crippen molar-refractivity contribution in [3.05, 3.63) is 89.6 Å². The van der Waals surface area contributed by atoms with Crippen LogP contribution in [0.25, 0.3) is 6.08 Å². The Labute approximate surface area is 212 Å². The molecule has 1 fully saturated rings. The number of carbonyl (C=O) groups excluding carboxylic acids is 2. The van der Waals surface area contributed by atoms with Gasteiger partial charge in [-0.2, -0.15) is 13.2 Å². The summed E-state index contributed by atoms with van der Waals surface area (Å²) in [5, 5.41) is 5.46. The maximum atomic E-state index is 13.0. The second kappa shape index (κ2) is 11.3. The van der Waals surface area contributed by atoms with E-state index < -0.39 is 17.6 Å². The number of alkyl halides is 3. The van der Waals surface area contributed by atoms with Crippen LogP contribution in [0.15, 0.2) is 72.9 Å².